The van der Waals surface area contributed by atoms with Crippen LogP contribution in [-0.2, 0) is 9.47 Å². The minimum absolute atomic E-state index is 0.199. The van der Waals surface area contributed by atoms with E-state index >= 15 is 0 Å². The predicted molar refractivity (Wildman–Crippen MR) is 71.3 cm³/mol. The van der Waals surface area contributed by atoms with Crippen molar-refractivity contribution in [1.29, 1.82) is 0 Å². The first-order chi connectivity index (χ1) is 8.83. The lowest BCUT2D eigenvalue weighted by molar-refractivity contribution is -0.0440. The molecule has 0 unspecified atom stereocenters. The van der Waals surface area contributed by atoms with Crippen LogP contribution in [0.1, 0.15) is 17.4 Å². The Balaban J connectivity index is 1.95. The maximum absolute atomic E-state index is 5.53. The highest BCUT2D eigenvalue weighted by molar-refractivity contribution is 5.64. The van der Waals surface area contributed by atoms with E-state index in [1.807, 2.05) is 0 Å². The molecule has 0 spiro atoms. The minimum atomic E-state index is -0.199. The van der Waals surface area contributed by atoms with Crippen molar-refractivity contribution in [3.05, 3.63) is 59.7 Å². The molecule has 0 bridgehead atoms. The van der Waals surface area contributed by atoms with Crippen LogP contribution in [0, 0.1) is 6.92 Å². The van der Waals surface area contributed by atoms with Gasteiger partial charge in [0.25, 0.3) is 0 Å². The number of rotatable bonds is 2. The van der Waals surface area contributed by atoms with Crippen molar-refractivity contribution in [2.24, 2.45) is 0 Å². The second-order valence-corrected chi connectivity index (χ2v) is 4.57. The largest absolute Gasteiger partial charge is 0.346 e. The summed E-state index contributed by atoms with van der Waals surface area (Å²) in [7, 11) is 0. The van der Waals surface area contributed by atoms with E-state index in [1.165, 1.54) is 16.7 Å². The lowest BCUT2D eigenvalue weighted by atomic mass is 10.0. The van der Waals surface area contributed by atoms with Crippen LogP contribution in [-0.4, -0.2) is 13.2 Å². The number of benzene rings is 2. The van der Waals surface area contributed by atoms with Crippen LogP contribution in [0.2, 0.25) is 0 Å². The molecule has 1 heterocycles. The van der Waals surface area contributed by atoms with Gasteiger partial charge in [0.15, 0.2) is 6.29 Å². The summed E-state index contributed by atoms with van der Waals surface area (Å²) >= 11 is 0. The zero-order valence-electron chi connectivity index (χ0n) is 10.4. The molecule has 1 fully saturated rings. The van der Waals surface area contributed by atoms with Crippen molar-refractivity contribution in [1.82, 2.24) is 0 Å². The monoisotopic (exact) mass is 240 g/mol. The van der Waals surface area contributed by atoms with E-state index in [0.29, 0.717) is 13.2 Å². The zero-order valence-corrected chi connectivity index (χ0v) is 10.4. The first-order valence-electron chi connectivity index (χ1n) is 6.23. The molecule has 0 aromatic heterocycles. The third-order valence-corrected chi connectivity index (χ3v) is 3.13. The molecule has 92 valence electrons. The highest BCUT2D eigenvalue weighted by Gasteiger charge is 2.18. The molecule has 18 heavy (non-hydrogen) atoms. The quantitative estimate of drug-likeness (QED) is 0.796. The van der Waals surface area contributed by atoms with Crippen molar-refractivity contribution >= 4 is 0 Å². The second kappa shape index (κ2) is 4.92. The zero-order chi connectivity index (χ0) is 12.4. The molecule has 2 nitrogen and oxygen atoms in total. The average Bonchev–Trinajstić information content (AvgIpc) is 2.93. The molecule has 1 aliphatic rings. The standard InChI is InChI=1S/C16H16O2/c1-12-4-2-5-13(10-12)14-6-3-7-15(11-14)16-17-8-9-18-16/h2-7,10-11,16H,8-9H2,1H3. The van der Waals surface area contributed by atoms with E-state index in [4.69, 9.17) is 9.47 Å². The fraction of sp³-hybridized carbons (Fsp3) is 0.250. The molecule has 0 radical (unpaired) electrons. The molecular weight excluding hydrogens is 224 g/mol. The van der Waals surface area contributed by atoms with Gasteiger partial charge >= 0.3 is 0 Å². The van der Waals surface area contributed by atoms with E-state index in [2.05, 4.69) is 55.5 Å². The van der Waals surface area contributed by atoms with Crippen LogP contribution in [0.5, 0.6) is 0 Å². The van der Waals surface area contributed by atoms with Crippen LogP contribution in [0.15, 0.2) is 48.5 Å². The highest BCUT2D eigenvalue weighted by atomic mass is 16.7. The van der Waals surface area contributed by atoms with Gasteiger partial charge in [-0.1, -0.05) is 48.0 Å². The number of hydrogen-bond donors (Lipinski definition) is 0. The van der Waals surface area contributed by atoms with Crippen molar-refractivity contribution in [2.45, 2.75) is 13.2 Å². The molecule has 3 rings (SSSR count). The van der Waals surface area contributed by atoms with Crippen molar-refractivity contribution in [3.63, 3.8) is 0 Å². The summed E-state index contributed by atoms with van der Waals surface area (Å²) in [6.07, 6.45) is -0.199. The summed E-state index contributed by atoms with van der Waals surface area (Å²) in [6.45, 7) is 3.47. The lowest BCUT2D eigenvalue weighted by Crippen LogP contribution is -1.97. The molecule has 0 amide bonds. The van der Waals surface area contributed by atoms with Crippen LogP contribution in [0.4, 0.5) is 0 Å². The van der Waals surface area contributed by atoms with Crippen molar-refractivity contribution in [3.8, 4) is 11.1 Å². The molecule has 2 aromatic carbocycles. The van der Waals surface area contributed by atoms with Gasteiger partial charge in [0, 0.05) is 5.56 Å². The van der Waals surface area contributed by atoms with Gasteiger partial charge in [-0.15, -0.1) is 0 Å². The van der Waals surface area contributed by atoms with E-state index < -0.39 is 0 Å². The van der Waals surface area contributed by atoms with Gasteiger partial charge in [-0.3, -0.25) is 0 Å². The van der Waals surface area contributed by atoms with Gasteiger partial charge in [-0.05, 0) is 24.1 Å². The Hall–Kier alpha value is -1.64. The van der Waals surface area contributed by atoms with Crippen LogP contribution >= 0.6 is 0 Å². The fourth-order valence-electron chi connectivity index (χ4n) is 2.24. The summed E-state index contributed by atoms with van der Waals surface area (Å²) in [5.41, 5.74) is 4.79. The minimum Gasteiger partial charge on any atom is -0.346 e. The Kier molecular flexibility index (Phi) is 3.13. The molecule has 0 saturated carbocycles. The Bertz CT molecular complexity index is 542. The molecule has 0 aliphatic carbocycles. The molecule has 0 atom stereocenters. The fourth-order valence-corrected chi connectivity index (χ4v) is 2.24. The van der Waals surface area contributed by atoms with Crippen LogP contribution in [0.25, 0.3) is 11.1 Å². The van der Waals surface area contributed by atoms with Crippen molar-refractivity contribution in [2.75, 3.05) is 13.2 Å². The number of hydrogen-bond acceptors (Lipinski definition) is 2. The molecule has 2 heteroatoms. The average molecular weight is 240 g/mol. The molecule has 2 aromatic rings. The third-order valence-electron chi connectivity index (χ3n) is 3.13. The molecule has 0 N–H and O–H groups in total. The lowest BCUT2D eigenvalue weighted by Gasteiger charge is -2.11. The smallest absolute Gasteiger partial charge is 0.184 e. The van der Waals surface area contributed by atoms with Gasteiger partial charge in [0.2, 0.25) is 0 Å². The molecule has 1 aliphatic heterocycles. The normalized spacial score (nSPS) is 16.1. The Morgan fingerprint density at radius 3 is 2.28 bits per heavy atom. The van der Waals surface area contributed by atoms with Gasteiger partial charge < -0.3 is 9.47 Å². The summed E-state index contributed by atoms with van der Waals surface area (Å²) in [5, 5.41) is 0. The molecular formula is C16H16O2. The number of aryl methyl sites for hydroxylation is 1. The van der Waals surface area contributed by atoms with Gasteiger partial charge in [0.05, 0.1) is 13.2 Å². The summed E-state index contributed by atoms with van der Waals surface area (Å²) in [5.74, 6) is 0. The van der Waals surface area contributed by atoms with Gasteiger partial charge in [-0.2, -0.15) is 0 Å². The SMILES string of the molecule is Cc1cccc(-c2cccc(C3OCCO3)c2)c1. The van der Waals surface area contributed by atoms with E-state index in [-0.39, 0.29) is 6.29 Å². The predicted octanol–water partition coefficient (Wildman–Crippen LogP) is 3.71. The Labute approximate surface area is 107 Å². The van der Waals surface area contributed by atoms with E-state index in [1.54, 1.807) is 0 Å². The van der Waals surface area contributed by atoms with E-state index in [0.717, 1.165) is 5.56 Å². The Morgan fingerprint density at radius 1 is 0.889 bits per heavy atom. The number of ether oxygens (including phenoxy) is 2. The topological polar surface area (TPSA) is 18.5 Å². The maximum Gasteiger partial charge on any atom is 0.184 e. The van der Waals surface area contributed by atoms with Crippen LogP contribution in [0.3, 0.4) is 0 Å². The van der Waals surface area contributed by atoms with Gasteiger partial charge in [0.1, 0.15) is 0 Å². The first kappa shape index (κ1) is 11.5. The summed E-state index contributed by atoms with van der Waals surface area (Å²) < 4.78 is 11.1. The van der Waals surface area contributed by atoms with Crippen LogP contribution < -0.4 is 0 Å². The highest BCUT2D eigenvalue weighted by Crippen LogP contribution is 2.28. The van der Waals surface area contributed by atoms with E-state index in [9.17, 15) is 0 Å². The Morgan fingerprint density at radius 2 is 1.56 bits per heavy atom. The van der Waals surface area contributed by atoms with Gasteiger partial charge in [-0.25, -0.2) is 0 Å². The third kappa shape index (κ3) is 2.30. The first-order valence-corrected chi connectivity index (χ1v) is 6.23. The second-order valence-electron chi connectivity index (χ2n) is 4.57. The van der Waals surface area contributed by atoms with Crippen molar-refractivity contribution < 1.29 is 9.47 Å². The molecule has 1 saturated heterocycles. The summed E-state index contributed by atoms with van der Waals surface area (Å²) in [4.78, 5) is 0. The summed E-state index contributed by atoms with van der Waals surface area (Å²) in [6, 6.07) is 16.9. The maximum atomic E-state index is 5.53.